The number of hydrogen-bond donors (Lipinski definition) is 3. The van der Waals surface area contributed by atoms with Crippen LogP contribution in [0.2, 0.25) is 0 Å². The maximum Gasteiger partial charge on any atom is 0.306 e. The number of amides is 1. The number of esters is 1. The van der Waals surface area contributed by atoms with Crippen molar-refractivity contribution >= 4 is 17.8 Å². The van der Waals surface area contributed by atoms with Gasteiger partial charge in [0.25, 0.3) is 5.91 Å². The fourth-order valence-electron chi connectivity index (χ4n) is 5.54. The first-order chi connectivity index (χ1) is 24.0. The number of benzene rings is 4. The number of carbonyl (C=O) groups excluding carboxylic acids is 2. The number of aliphatic imine (C=N–C) groups is 1. The van der Waals surface area contributed by atoms with Crippen LogP contribution in [0, 0.1) is 11.6 Å². The van der Waals surface area contributed by atoms with Crippen LogP contribution in [0.15, 0.2) is 102 Å². The van der Waals surface area contributed by atoms with Gasteiger partial charge in [-0.2, -0.15) is 0 Å². The number of hydrogen-bond acceptors (Lipinski definition) is 8. The van der Waals surface area contributed by atoms with Gasteiger partial charge in [0.1, 0.15) is 23.0 Å². The van der Waals surface area contributed by atoms with Crippen LogP contribution in [-0.4, -0.2) is 47.2 Å². The zero-order valence-corrected chi connectivity index (χ0v) is 28.2. The topological polar surface area (TPSA) is 118 Å². The number of carbonyl (C=O) groups is 2. The molecule has 0 radical (unpaired) electrons. The summed E-state index contributed by atoms with van der Waals surface area (Å²) in [6.45, 7) is 5.40. The highest BCUT2D eigenvalue weighted by atomic mass is 19.1. The average molecular weight is 686 g/mol. The summed E-state index contributed by atoms with van der Waals surface area (Å²) >= 11 is 0. The maximum absolute atomic E-state index is 14.4. The largest absolute Gasteiger partial charge is 0.494 e. The SMILES string of the molecule is CC(C)(C)OC(=O)CC[C@]1(C(=O)NNCc2cc(F)ccc2F)N=C(c2ccc(OCCCO)cc2)O[C@H]1c1ccc(-c2ccccc2)cc1. The molecule has 0 fully saturated rings. The predicted octanol–water partition coefficient (Wildman–Crippen LogP) is 6.59. The van der Waals surface area contributed by atoms with Crippen molar-refractivity contribution in [1.82, 2.24) is 10.9 Å². The number of nitrogens with one attached hydrogen (secondary N) is 2. The van der Waals surface area contributed by atoms with Gasteiger partial charge in [0, 0.05) is 37.1 Å². The van der Waals surface area contributed by atoms with Gasteiger partial charge in [-0.3, -0.25) is 15.0 Å². The number of aliphatic hydroxyl groups excluding tert-OH is 1. The minimum absolute atomic E-state index is 0.00863. The summed E-state index contributed by atoms with van der Waals surface area (Å²) in [6.07, 6.45) is -0.768. The molecule has 1 amide bonds. The molecule has 0 saturated carbocycles. The minimum Gasteiger partial charge on any atom is -0.494 e. The lowest BCUT2D eigenvalue weighted by Crippen LogP contribution is -2.52. The van der Waals surface area contributed by atoms with Gasteiger partial charge in [-0.25, -0.2) is 19.2 Å². The van der Waals surface area contributed by atoms with E-state index in [-0.39, 0.29) is 37.5 Å². The highest BCUT2D eigenvalue weighted by Gasteiger charge is 2.53. The zero-order valence-electron chi connectivity index (χ0n) is 28.2. The highest BCUT2D eigenvalue weighted by Crippen LogP contribution is 2.44. The molecular weight excluding hydrogens is 644 g/mol. The molecule has 0 aromatic heterocycles. The van der Waals surface area contributed by atoms with E-state index in [1.165, 1.54) is 0 Å². The first-order valence-corrected chi connectivity index (χ1v) is 16.4. The second-order valence-electron chi connectivity index (χ2n) is 12.9. The van der Waals surface area contributed by atoms with Crippen LogP contribution in [-0.2, 0) is 25.6 Å². The Bertz CT molecular complexity index is 1790. The lowest BCUT2D eigenvalue weighted by molar-refractivity contribution is -0.155. The summed E-state index contributed by atoms with van der Waals surface area (Å²) in [5, 5.41) is 9.08. The third-order valence-electron chi connectivity index (χ3n) is 7.97. The van der Waals surface area contributed by atoms with Gasteiger partial charge >= 0.3 is 5.97 Å². The molecule has 4 aromatic carbocycles. The standard InChI is InChI=1S/C39H41F2N3O6/c1-38(2,3)50-34(46)20-21-39(37(47)44-42-25-30-24-31(40)16-19-33(30)41)35(28-12-10-27(11-13-28)26-8-5-4-6-9-26)49-36(43-39)29-14-17-32(18-15-29)48-23-7-22-45/h4-6,8-19,24,35,42,45H,7,20-23,25H2,1-3H3,(H,44,47)/t35-,39-/m0/s1. The Morgan fingerprint density at radius 1 is 0.920 bits per heavy atom. The van der Waals surface area contributed by atoms with Crippen molar-refractivity contribution < 1.29 is 37.7 Å². The molecule has 0 bridgehead atoms. The summed E-state index contributed by atoms with van der Waals surface area (Å²) < 4.78 is 46.0. The van der Waals surface area contributed by atoms with Gasteiger partial charge < -0.3 is 19.3 Å². The van der Waals surface area contributed by atoms with E-state index >= 15 is 0 Å². The first-order valence-electron chi connectivity index (χ1n) is 16.4. The monoisotopic (exact) mass is 685 g/mol. The van der Waals surface area contributed by atoms with Gasteiger partial charge in [-0.15, -0.1) is 0 Å². The van der Waals surface area contributed by atoms with Gasteiger partial charge in [0.05, 0.1) is 6.61 Å². The molecule has 262 valence electrons. The summed E-state index contributed by atoms with van der Waals surface area (Å²) in [6, 6.07) is 27.4. The Hall–Kier alpha value is -5.13. The van der Waals surface area contributed by atoms with E-state index in [0.717, 1.165) is 29.3 Å². The molecule has 11 heteroatoms. The number of ether oxygens (including phenoxy) is 3. The molecule has 0 saturated heterocycles. The van der Waals surface area contributed by atoms with Crippen LogP contribution in [0.5, 0.6) is 5.75 Å². The van der Waals surface area contributed by atoms with Crippen molar-refractivity contribution in [3.8, 4) is 16.9 Å². The summed E-state index contributed by atoms with van der Waals surface area (Å²) in [5.41, 5.74) is 6.04. The molecule has 0 unspecified atom stereocenters. The molecule has 1 aliphatic heterocycles. The van der Waals surface area contributed by atoms with E-state index in [9.17, 15) is 18.4 Å². The number of nitrogens with zero attached hydrogens (tertiary/aromatic N) is 1. The van der Waals surface area contributed by atoms with Crippen molar-refractivity contribution in [1.29, 1.82) is 0 Å². The van der Waals surface area contributed by atoms with E-state index in [1.807, 2.05) is 54.6 Å². The fraction of sp³-hybridized carbons (Fsp3) is 0.308. The van der Waals surface area contributed by atoms with Gasteiger partial charge in [-0.1, -0.05) is 54.6 Å². The van der Waals surface area contributed by atoms with E-state index in [1.54, 1.807) is 45.0 Å². The summed E-state index contributed by atoms with van der Waals surface area (Å²) in [7, 11) is 0. The third-order valence-corrected chi connectivity index (χ3v) is 7.97. The van der Waals surface area contributed by atoms with Crippen LogP contribution in [0.25, 0.3) is 11.1 Å². The van der Waals surface area contributed by atoms with Crippen LogP contribution in [0.1, 0.15) is 62.8 Å². The Kier molecular flexibility index (Phi) is 11.6. The van der Waals surface area contributed by atoms with Crippen molar-refractivity contribution in [3.63, 3.8) is 0 Å². The average Bonchev–Trinajstić information content (AvgIpc) is 3.50. The molecule has 5 rings (SSSR count). The Labute approximate surface area is 290 Å². The Morgan fingerprint density at radius 3 is 2.28 bits per heavy atom. The van der Waals surface area contributed by atoms with E-state index in [4.69, 9.17) is 24.3 Å². The predicted molar refractivity (Wildman–Crippen MR) is 185 cm³/mol. The molecule has 0 spiro atoms. The van der Waals surface area contributed by atoms with Gasteiger partial charge in [-0.05, 0) is 86.3 Å². The number of aliphatic hydroxyl groups is 1. The minimum atomic E-state index is -1.69. The molecule has 1 heterocycles. The number of rotatable bonds is 14. The fourth-order valence-corrected chi connectivity index (χ4v) is 5.54. The lowest BCUT2D eigenvalue weighted by Gasteiger charge is -2.31. The Balaban J connectivity index is 1.51. The number of halogens is 2. The van der Waals surface area contributed by atoms with E-state index in [2.05, 4.69) is 10.9 Å². The molecule has 4 aromatic rings. The lowest BCUT2D eigenvalue weighted by atomic mass is 9.83. The first kappa shape index (κ1) is 36.2. The zero-order chi connectivity index (χ0) is 35.7. The molecule has 2 atom stereocenters. The third kappa shape index (κ3) is 9.10. The molecule has 9 nitrogen and oxygen atoms in total. The van der Waals surface area contributed by atoms with E-state index < -0.39 is 40.8 Å². The normalized spacial score (nSPS) is 17.1. The van der Waals surface area contributed by atoms with Crippen LogP contribution in [0.3, 0.4) is 0 Å². The van der Waals surface area contributed by atoms with Crippen LogP contribution < -0.4 is 15.6 Å². The summed E-state index contributed by atoms with van der Waals surface area (Å²) in [5.74, 6) is -1.68. The van der Waals surface area contributed by atoms with Crippen molar-refractivity contribution in [2.45, 2.75) is 63.8 Å². The van der Waals surface area contributed by atoms with Gasteiger partial charge in [0.2, 0.25) is 5.90 Å². The second kappa shape index (κ2) is 16.1. The van der Waals surface area contributed by atoms with Crippen molar-refractivity contribution in [2.24, 2.45) is 4.99 Å². The molecular formula is C39H41F2N3O6. The van der Waals surface area contributed by atoms with Gasteiger partial charge in [0.15, 0.2) is 11.6 Å². The molecule has 0 aliphatic carbocycles. The second-order valence-corrected chi connectivity index (χ2v) is 12.9. The number of hydrazine groups is 1. The Morgan fingerprint density at radius 2 is 1.60 bits per heavy atom. The smallest absolute Gasteiger partial charge is 0.306 e. The molecule has 1 aliphatic rings. The van der Waals surface area contributed by atoms with Crippen LogP contribution in [0.4, 0.5) is 8.78 Å². The quantitative estimate of drug-likeness (QED) is 0.0779. The van der Waals surface area contributed by atoms with Crippen molar-refractivity contribution in [3.05, 3.63) is 125 Å². The van der Waals surface area contributed by atoms with Crippen LogP contribution >= 0.6 is 0 Å². The van der Waals surface area contributed by atoms with Crippen molar-refractivity contribution in [2.75, 3.05) is 13.2 Å². The maximum atomic E-state index is 14.4. The molecule has 3 N–H and O–H groups in total. The summed E-state index contributed by atoms with van der Waals surface area (Å²) in [4.78, 5) is 32.2. The van der Waals surface area contributed by atoms with E-state index in [0.29, 0.717) is 29.9 Å². The highest BCUT2D eigenvalue weighted by molar-refractivity contribution is 6.01. The molecule has 50 heavy (non-hydrogen) atoms.